The highest BCUT2D eigenvalue weighted by Crippen LogP contribution is 2.33. The lowest BCUT2D eigenvalue weighted by Gasteiger charge is -2.39. The molecule has 2 atom stereocenters. The summed E-state index contributed by atoms with van der Waals surface area (Å²) in [6, 6.07) is 10.3. The number of nitrogens with one attached hydrogen (secondary N) is 2. The summed E-state index contributed by atoms with van der Waals surface area (Å²) in [5, 5.41) is 29.3. The van der Waals surface area contributed by atoms with Crippen molar-refractivity contribution in [3.63, 3.8) is 0 Å². The van der Waals surface area contributed by atoms with Gasteiger partial charge in [0.25, 0.3) is 0 Å². The van der Waals surface area contributed by atoms with Crippen LogP contribution in [0, 0.1) is 0 Å². The molecule has 4 heterocycles. The third kappa shape index (κ3) is 3.45. The molecule has 0 radical (unpaired) electrons. The standard InChI is InChI=1S/C21H23N5O2/c27-20-8-13(14-11-22-23-12-14)4-5-18(20)19-6-7-21(26-25-19)28-17-9-15-2-1-3-16(10-17)24-15/h4-8,11-12,15-17,24,27H,1-3,9-10H2,(H,22,23). The van der Waals surface area contributed by atoms with E-state index in [1.54, 1.807) is 18.5 Å². The second-order valence-corrected chi connectivity index (χ2v) is 7.68. The number of hydrogen-bond donors (Lipinski definition) is 3. The number of H-pyrrole nitrogens is 1. The third-order valence-corrected chi connectivity index (χ3v) is 5.70. The molecule has 2 aromatic heterocycles. The molecule has 2 fully saturated rings. The Morgan fingerprint density at radius 1 is 1.00 bits per heavy atom. The molecule has 1 aromatic carbocycles. The number of phenolic OH excluding ortho intramolecular Hbond substituents is 1. The smallest absolute Gasteiger partial charge is 0.233 e. The summed E-state index contributed by atoms with van der Waals surface area (Å²) in [6.45, 7) is 0. The lowest BCUT2D eigenvalue weighted by molar-refractivity contribution is 0.0881. The molecule has 0 aliphatic carbocycles. The summed E-state index contributed by atoms with van der Waals surface area (Å²) in [7, 11) is 0. The molecule has 2 aliphatic rings. The minimum absolute atomic E-state index is 0.160. The number of phenols is 1. The molecule has 5 rings (SSSR count). The molecule has 2 unspecified atom stereocenters. The van der Waals surface area contributed by atoms with Gasteiger partial charge in [0.15, 0.2) is 0 Å². The topological polar surface area (TPSA) is 96.0 Å². The fraction of sp³-hybridized carbons (Fsp3) is 0.381. The SMILES string of the molecule is Oc1cc(-c2cn[nH]c2)ccc1-c1ccc(OC2CC3CCCC(C2)N3)nn1. The van der Waals surface area contributed by atoms with Crippen molar-refractivity contribution in [3.8, 4) is 34.0 Å². The van der Waals surface area contributed by atoms with Crippen LogP contribution in [0.2, 0.25) is 0 Å². The molecule has 2 aliphatic heterocycles. The highest BCUT2D eigenvalue weighted by molar-refractivity contribution is 5.73. The van der Waals surface area contributed by atoms with Crippen molar-refractivity contribution >= 4 is 0 Å². The molecular formula is C21H23N5O2. The van der Waals surface area contributed by atoms with Crippen molar-refractivity contribution in [3.05, 3.63) is 42.7 Å². The summed E-state index contributed by atoms with van der Waals surface area (Å²) in [6.07, 6.45) is 9.52. The van der Waals surface area contributed by atoms with Crippen LogP contribution < -0.4 is 10.1 Å². The van der Waals surface area contributed by atoms with Crippen molar-refractivity contribution in [2.45, 2.75) is 50.3 Å². The van der Waals surface area contributed by atoms with Gasteiger partial charge < -0.3 is 15.2 Å². The van der Waals surface area contributed by atoms with Gasteiger partial charge in [0.05, 0.1) is 11.9 Å². The number of piperidine rings is 2. The van der Waals surface area contributed by atoms with E-state index in [9.17, 15) is 5.11 Å². The zero-order valence-electron chi connectivity index (χ0n) is 15.5. The number of hydrogen-bond acceptors (Lipinski definition) is 6. The van der Waals surface area contributed by atoms with Crippen molar-refractivity contribution in [2.24, 2.45) is 0 Å². The Bertz CT molecular complexity index is 930. The van der Waals surface area contributed by atoms with Crippen LogP contribution in [0.4, 0.5) is 0 Å². The van der Waals surface area contributed by atoms with Crippen molar-refractivity contribution < 1.29 is 9.84 Å². The first-order chi connectivity index (χ1) is 13.7. The average Bonchev–Trinajstić information content (AvgIpc) is 3.23. The van der Waals surface area contributed by atoms with E-state index in [1.807, 2.05) is 24.3 Å². The van der Waals surface area contributed by atoms with E-state index >= 15 is 0 Å². The van der Waals surface area contributed by atoms with Gasteiger partial charge in [0, 0.05) is 35.5 Å². The summed E-state index contributed by atoms with van der Waals surface area (Å²) < 4.78 is 6.09. The van der Waals surface area contributed by atoms with Gasteiger partial charge in [-0.3, -0.25) is 5.10 Å². The molecule has 28 heavy (non-hydrogen) atoms. The first-order valence-electron chi connectivity index (χ1n) is 9.83. The molecule has 7 nitrogen and oxygen atoms in total. The molecule has 3 N–H and O–H groups in total. The molecular weight excluding hydrogens is 354 g/mol. The van der Waals surface area contributed by atoms with Gasteiger partial charge in [0.2, 0.25) is 5.88 Å². The Labute approximate surface area is 163 Å². The largest absolute Gasteiger partial charge is 0.507 e. The van der Waals surface area contributed by atoms with Crippen molar-refractivity contribution in [1.29, 1.82) is 0 Å². The summed E-state index contributed by atoms with van der Waals surface area (Å²) >= 11 is 0. The Morgan fingerprint density at radius 2 is 1.86 bits per heavy atom. The van der Waals surface area contributed by atoms with Crippen LogP contribution in [0.5, 0.6) is 11.6 Å². The highest BCUT2D eigenvalue weighted by atomic mass is 16.5. The predicted molar refractivity (Wildman–Crippen MR) is 105 cm³/mol. The Hall–Kier alpha value is -2.93. The number of fused-ring (bicyclic) bond motifs is 2. The van der Waals surface area contributed by atoms with E-state index < -0.39 is 0 Å². The molecule has 0 saturated carbocycles. The first kappa shape index (κ1) is 17.2. The lowest BCUT2D eigenvalue weighted by atomic mass is 9.85. The van der Waals surface area contributed by atoms with Crippen LogP contribution in [-0.4, -0.2) is 43.7 Å². The molecule has 0 spiro atoms. The van der Waals surface area contributed by atoms with Crippen LogP contribution in [-0.2, 0) is 0 Å². The van der Waals surface area contributed by atoms with Crippen LogP contribution in [0.15, 0.2) is 42.7 Å². The van der Waals surface area contributed by atoms with Crippen molar-refractivity contribution in [1.82, 2.24) is 25.7 Å². The van der Waals surface area contributed by atoms with Gasteiger partial charge in [-0.05, 0) is 49.4 Å². The molecule has 2 saturated heterocycles. The van der Waals surface area contributed by atoms with E-state index in [-0.39, 0.29) is 11.9 Å². The quantitative estimate of drug-likeness (QED) is 0.646. The Balaban J connectivity index is 1.30. The second-order valence-electron chi connectivity index (χ2n) is 7.68. The Kier molecular flexibility index (Phi) is 4.44. The maximum atomic E-state index is 10.4. The number of aromatic nitrogens is 4. The number of benzene rings is 1. The summed E-state index contributed by atoms with van der Waals surface area (Å²) in [5.41, 5.74) is 3.07. The maximum absolute atomic E-state index is 10.4. The second kappa shape index (κ2) is 7.24. The number of aromatic hydroxyl groups is 1. The van der Waals surface area contributed by atoms with Crippen LogP contribution in [0.3, 0.4) is 0 Å². The van der Waals surface area contributed by atoms with Gasteiger partial charge in [-0.25, -0.2) is 0 Å². The van der Waals surface area contributed by atoms with Crippen LogP contribution in [0.1, 0.15) is 32.1 Å². The van der Waals surface area contributed by atoms with E-state index in [0.717, 1.165) is 24.0 Å². The van der Waals surface area contributed by atoms with Crippen LogP contribution in [0.25, 0.3) is 22.4 Å². The zero-order valence-corrected chi connectivity index (χ0v) is 15.5. The minimum atomic E-state index is 0.160. The Morgan fingerprint density at radius 3 is 2.54 bits per heavy atom. The van der Waals surface area contributed by atoms with Gasteiger partial charge in [-0.15, -0.1) is 10.2 Å². The third-order valence-electron chi connectivity index (χ3n) is 5.70. The number of aromatic amines is 1. The van der Waals surface area contributed by atoms with Gasteiger partial charge in [-0.1, -0.05) is 12.5 Å². The first-order valence-corrected chi connectivity index (χ1v) is 9.83. The van der Waals surface area contributed by atoms with Gasteiger partial charge in [0.1, 0.15) is 11.9 Å². The molecule has 3 aromatic rings. The van der Waals surface area contributed by atoms with Crippen molar-refractivity contribution in [2.75, 3.05) is 0 Å². The van der Waals surface area contributed by atoms with E-state index in [4.69, 9.17) is 4.74 Å². The fourth-order valence-electron chi connectivity index (χ4n) is 4.34. The van der Waals surface area contributed by atoms with E-state index in [1.165, 1.54) is 19.3 Å². The summed E-state index contributed by atoms with van der Waals surface area (Å²) in [4.78, 5) is 0. The number of rotatable bonds is 4. The predicted octanol–water partition coefficient (Wildman–Crippen LogP) is 3.29. The molecule has 144 valence electrons. The molecule has 2 bridgehead atoms. The molecule has 0 amide bonds. The number of ether oxygens (including phenoxy) is 1. The van der Waals surface area contributed by atoms with Gasteiger partial charge in [-0.2, -0.15) is 5.10 Å². The maximum Gasteiger partial charge on any atom is 0.233 e. The highest BCUT2D eigenvalue weighted by Gasteiger charge is 2.32. The zero-order chi connectivity index (χ0) is 18.9. The minimum Gasteiger partial charge on any atom is -0.507 e. The normalized spacial score (nSPS) is 24.1. The summed E-state index contributed by atoms with van der Waals surface area (Å²) in [5.74, 6) is 0.705. The number of nitrogens with zero attached hydrogens (tertiary/aromatic N) is 3. The van der Waals surface area contributed by atoms with Gasteiger partial charge >= 0.3 is 0 Å². The molecule has 7 heteroatoms. The fourth-order valence-corrected chi connectivity index (χ4v) is 4.34. The average molecular weight is 377 g/mol. The van der Waals surface area contributed by atoms with Crippen LogP contribution >= 0.6 is 0 Å². The monoisotopic (exact) mass is 377 g/mol. The lowest BCUT2D eigenvalue weighted by Crippen LogP contribution is -2.51. The van der Waals surface area contributed by atoms with E-state index in [2.05, 4.69) is 25.7 Å². The van der Waals surface area contributed by atoms with E-state index in [0.29, 0.717) is 29.2 Å².